The summed E-state index contributed by atoms with van der Waals surface area (Å²) >= 11 is 0. The molecule has 0 radical (unpaired) electrons. The van der Waals surface area contributed by atoms with Crippen molar-refractivity contribution in [2.24, 2.45) is 0 Å². The molecule has 4 heteroatoms. The average molecular weight is 329 g/mol. The van der Waals surface area contributed by atoms with Crippen molar-refractivity contribution in [1.82, 2.24) is 9.80 Å². The van der Waals surface area contributed by atoms with E-state index >= 15 is 0 Å². The lowest BCUT2D eigenvalue weighted by molar-refractivity contribution is 0.0675. The fourth-order valence-electron chi connectivity index (χ4n) is 3.36. The highest BCUT2D eigenvalue weighted by Crippen LogP contribution is 2.27. The van der Waals surface area contributed by atoms with Gasteiger partial charge < -0.3 is 9.64 Å². The van der Waals surface area contributed by atoms with E-state index < -0.39 is 0 Å². The van der Waals surface area contributed by atoms with E-state index in [1.165, 1.54) is 12.8 Å². The number of hydrogen-bond donors (Lipinski definition) is 0. The Kier molecular flexibility index (Phi) is 7.55. The van der Waals surface area contributed by atoms with Gasteiger partial charge in [0.1, 0.15) is 11.8 Å². The molecule has 1 aliphatic rings. The molecule has 1 aromatic rings. The van der Waals surface area contributed by atoms with Crippen LogP contribution < -0.4 is 4.74 Å². The second-order valence-corrected chi connectivity index (χ2v) is 6.72. The maximum absolute atomic E-state index is 9.74. The van der Waals surface area contributed by atoms with E-state index in [0.29, 0.717) is 6.04 Å². The lowest BCUT2D eigenvalue weighted by Crippen LogP contribution is -2.52. The SMILES string of the molecule is CCCCCOc1ccc(C(C#N)N2CCN(C)CC2CC)cc1. The minimum Gasteiger partial charge on any atom is -0.494 e. The van der Waals surface area contributed by atoms with Crippen LogP contribution in [0.2, 0.25) is 0 Å². The van der Waals surface area contributed by atoms with Crippen LogP contribution in [0.15, 0.2) is 24.3 Å². The largest absolute Gasteiger partial charge is 0.494 e. The molecule has 132 valence electrons. The van der Waals surface area contributed by atoms with Crippen LogP contribution in [-0.4, -0.2) is 49.1 Å². The Hall–Kier alpha value is -1.57. The van der Waals surface area contributed by atoms with Crippen LogP contribution in [0.25, 0.3) is 0 Å². The van der Waals surface area contributed by atoms with E-state index in [1.54, 1.807) is 0 Å². The summed E-state index contributed by atoms with van der Waals surface area (Å²) in [5.41, 5.74) is 1.07. The Labute approximate surface area is 147 Å². The maximum atomic E-state index is 9.74. The average Bonchev–Trinajstić information content (AvgIpc) is 2.61. The van der Waals surface area contributed by atoms with Gasteiger partial charge in [-0.1, -0.05) is 38.8 Å². The molecule has 2 unspecified atom stereocenters. The summed E-state index contributed by atoms with van der Waals surface area (Å²) in [7, 11) is 2.16. The standard InChI is InChI=1S/C20H31N3O/c1-4-6-7-14-24-19-10-8-17(9-11-19)20(15-21)23-13-12-22(3)16-18(23)5-2/h8-11,18,20H,4-7,12-14,16H2,1-3H3. The first kappa shape index (κ1) is 18.8. The van der Waals surface area contributed by atoms with Crippen LogP contribution in [0.5, 0.6) is 5.75 Å². The third-order valence-corrected chi connectivity index (χ3v) is 4.87. The summed E-state index contributed by atoms with van der Waals surface area (Å²) in [6.45, 7) is 8.17. The number of benzene rings is 1. The molecular weight excluding hydrogens is 298 g/mol. The Morgan fingerprint density at radius 3 is 2.58 bits per heavy atom. The van der Waals surface area contributed by atoms with Gasteiger partial charge in [-0.25, -0.2) is 0 Å². The van der Waals surface area contributed by atoms with Crippen molar-refractivity contribution in [2.75, 3.05) is 33.3 Å². The molecule has 1 heterocycles. The Bertz CT molecular complexity index is 523. The van der Waals surface area contributed by atoms with E-state index in [1.807, 2.05) is 24.3 Å². The number of rotatable bonds is 8. The van der Waals surface area contributed by atoms with Gasteiger partial charge in [-0.2, -0.15) is 5.26 Å². The fourth-order valence-corrected chi connectivity index (χ4v) is 3.36. The molecule has 1 aliphatic heterocycles. The van der Waals surface area contributed by atoms with Crippen molar-refractivity contribution in [3.8, 4) is 11.8 Å². The summed E-state index contributed by atoms with van der Waals surface area (Å²) in [5.74, 6) is 0.900. The first-order valence-electron chi connectivity index (χ1n) is 9.26. The summed E-state index contributed by atoms with van der Waals surface area (Å²) in [6.07, 6.45) is 4.58. The molecule has 1 aromatic carbocycles. The quantitative estimate of drug-likeness (QED) is 0.679. The molecule has 0 aliphatic carbocycles. The number of piperazine rings is 1. The van der Waals surface area contributed by atoms with Crippen LogP contribution in [-0.2, 0) is 0 Å². The second kappa shape index (κ2) is 9.66. The van der Waals surface area contributed by atoms with Crippen molar-refractivity contribution in [1.29, 1.82) is 5.26 Å². The molecule has 0 saturated carbocycles. The van der Waals surface area contributed by atoms with Crippen molar-refractivity contribution in [2.45, 2.75) is 51.6 Å². The fraction of sp³-hybridized carbons (Fsp3) is 0.650. The molecule has 0 bridgehead atoms. The molecule has 2 rings (SSSR count). The monoisotopic (exact) mass is 329 g/mol. The number of ether oxygens (including phenoxy) is 1. The number of likely N-dealkylation sites (N-methyl/N-ethyl adjacent to an activating group) is 1. The van der Waals surface area contributed by atoms with E-state index in [-0.39, 0.29) is 6.04 Å². The topological polar surface area (TPSA) is 39.5 Å². The van der Waals surface area contributed by atoms with Crippen molar-refractivity contribution in [3.05, 3.63) is 29.8 Å². The van der Waals surface area contributed by atoms with Gasteiger partial charge in [0.2, 0.25) is 0 Å². The predicted molar refractivity (Wildman–Crippen MR) is 98.1 cm³/mol. The summed E-state index contributed by atoms with van der Waals surface area (Å²) < 4.78 is 5.78. The van der Waals surface area contributed by atoms with Crippen molar-refractivity contribution >= 4 is 0 Å². The highest BCUT2D eigenvalue weighted by Gasteiger charge is 2.30. The van der Waals surface area contributed by atoms with Crippen LogP contribution in [0.3, 0.4) is 0 Å². The molecule has 0 N–H and O–H groups in total. The van der Waals surface area contributed by atoms with Crippen LogP contribution in [0.1, 0.15) is 51.1 Å². The molecule has 24 heavy (non-hydrogen) atoms. The Balaban J connectivity index is 2.01. The second-order valence-electron chi connectivity index (χ2n) is 6.72. The zero-order valence-corrected chi connectivity index (χ0v) is 15.4. The van der Waals surface area contributed by atoms with Gasteiger partial charge in [0.15, 0.2) is 0 Å². The molecule has 2 atom stereocenters. The third kappa shape index (κ3) is 4.96. The summed E-state index contributed by atoms with van der Waals surface area (Å²) in [4.78, 5) is 4.71. The first-order valence-corrected chi connectivity index (χ1v) is 9.26. The maximum Gasteiger partial charge on any atom is 0.124 e. The van der Waals surface area contributed by atoms with E-state index in [2.05, 4.69) is 36.8 Å². The van der Waals surface area contributed by atoms with Crippen LogP contribution in [0, 0.1) is 11.3 Å². The summed E-state index contributed by atoms with van der Waals surface area (Å²) in [5, 5.41) is 9.74. The van der Waals surface area contributed by atoms with Crippen molar-refractivity contribution in [3.63, 3.8) is 0 Å². The van der Waals surface area contributed by atoms with Gasteiger partial charge in [-0.15, -0.1) is 0 Å². The number of nitriles is 1. The van der Waals surface area contributed by atoms with E-state index in [4.69, 9.17) is 4.74 Å². The van der Waals surface area contributed by atoms with Crippen molar-refractivity contribution < 1.29 is 4.74 Å². The van der Waals surface area contributed by atoms with Gasteiger partial charge in [0.25, 0.3) is 0 Å². The van der Waals surface area contributed by atoms with Gasteiger partial charge >= 0.3 is 0 Å². The van der Waals surface area contributed by atoms with Crippen LogP contribution >= 0.6 is 0 Å². The molecule has 0 amide bonds. The highest BCUT2D eigenvalue weighted by molar-refractivity contribution is 5.32. The highest BCUT2D eigenvalue weighted by atomic mass is 16.5. The zero-order valence-electron chi connectivity index (χ0n) is 15.4. The minimum absolute atomic E-state index is 0.169. The molecular formula is C20H31N3O. The van der Waals surface area contributed by atoms with Gasteiger partial charge in [0.05, 0.1) is 12.7 Å². The molecule has 4 nitrogen and oxygen atoms in total. The van der Waals surface area contributed by atoms with E-state index in [0.717, 1.165) is 50.4 Å². The lowest BCUT2D eigenvalue weighted by atomic mass is 10.0. The number of unbranched alkanes of at least 4 members (excludes halogenated alkanes) is 2. The van der Waals surface area contributed by atoms with Gasteiger partial charge in [-0.3, -0.25) is 4.90 Å². The molecule has 0 aromatic heterocycles. The first-order chi connectivity index (χ1) is 11.7. The zero-order chi connectivity index (χ0) is 17.4. The normalized spacial score (nSPS) is 20.5. The molecule has 0 spiro atoms. The van der Waals surface area contributed by atoms with E-state index in [9.17, 15) is 5.26 Å². The van der Waals surface area contributed by atoms with Crippen LogP contribution in [0.4, 0.5) is 0 Å². The summed E-state index contributed by atoms with van der Waals surface area (Å²) in [6, 6.07) is 10.9. The molecule has 1 fully saturated rings. The predicted octanol–water partition coefficient (Wildman–Crippen LogP) is 3.85. The molecule has 1 saturated heterocycles. The third-order valence-electron chi connectivity index (χ3n) is 4.87. The lowest BCUT2D eigenvalue weighted by Gasteiger charge is -2.42. The number of hydrogen-bond acceptors (Lipinski definition) is 4. The van der Waals surface area contributed by atoms with Gasteiger partial charge in [-0.05, 0) is 37.6 Å². The van der Waals surface area contributed by atoms with Gasteiger partial charge in [0, 0.05) is 25.7 Å². The Morgan fingerprint density at radius 2 is 1.96 bits per heavy atom. The number of nitrogens with zero attached hydrogens (tertiary/aromatic N) is 3. The minimum atomic E-state index is -0.169. The smallest absolute Gasteiger partial charge is 0.124 e. The Morgan fingerprint density at radius 1 is 1.21 bits per heavy atom.